The van der Waals surface area contributed by atoms with Crippen molar-refractivity contribution in [3.05, 3.63) is 5.28 Å². The smallest absolute Gasteiger partial charge is 0.231 e. The lowest BCUT2D eigenvalue weighted by molar-refractivity contribution is 0.542. The highest BCUT2D eigenvalue weighted by Gasteiger charge is 2.18. The van der Waals surface area contributed by atoms with Crippen molar-refractivity contribution >= 4 is 23.5 Å². The Morgan fingerprint density at radius 1 is 1.26 bits per heavy atom. The monoisotopic (exact) mass is 283 g/mol. The highest BCUT2D eigenvalue weighted by atomic mass is 35.5. The predicted octanol–water partition coefficient (Wildman–Crippen LogP) is 2.97. The quantitative estimate of drug-likeness (QED) is 0.870. The molecule has 1 N–H and O–H groups in total. The molecule has 6 heteroatoms. The molecule has 1 saturated carbocycles. The second-order valence-corrected chi connectivity index (χ2v) is 5.52. The van der Waals surface area contributed by atoms with Crippen LogP contribution in [0.15, 0.2) is 0 Å². The molecule has 0 saturated heterocycles. The Bertz CT molecular complexity index is 406. The number of hydrogen-bond acceptors (Lipinski definition) is 5. The van der Waals surface area contributed by atoms with Crippen molar-refractivity contribution in [2.75, 3.05) is 30.4 Å². The van der Waals surface area contributed by atoms with Crippen LogP contribution in [0.2, 0.25) is 5.28 Å². The van der Waals surface area contributed by atoms with E-state index in [2.05, 4.69) is 32.1 Å². The Morgan fingerprint density at radius 2 is 2.00 bits per heavy atom. The first-order valence-electron chi connectivity index (χ1n) is 7.05. The molecule has 0 unspecified atom stereocenters. The maximum absolute atomic E-state index is 5.96. The van der Waals surface area contributed by atoms with Gasteiger partial charge in [0, 0.05) is 20.1 Å². The van der Waals surface area contributed by atoms with Gasteiger partial charge in [0.25, 0.3) is 0 Å². The van der Waals surface area contributed by atoms with Gasteiger partial charge in [-0.2, -0.15) is 15.0 Å². The first-order chi connectivity index (χ1) is 9.19. The summed E-state index contributed by atoms with van der Waals surface area (Å²) in [5.74, 6) is 1.98. The number of anilines is 2. The molecule has 19 heavy (non-hydrogen) atoms. The summed E-state index contributed by atoms with van der Waals surface area (Å²) in [6.45, 7) is 3.93. The largest absolute Gasteiger partial charge is 0.354 e. The molecule has 0 amide bonds. The van der Waals surface area contributed by atoms with Gasteiger partial charge in [-0.15, -0.1) is 0 Å². The molecule has 1 aliphatic rings. The molecule has 0 bridgehead atoms. The van der Waals surface area contributed by atoms with E-state index in [1.807, 2.05) is 7.05 Å². The van der Waals surface area contributed by atoms with Gasteiger partial charge in [0.2, 0.25) is 17.2 Å². The Morgan fingerprint density at radius 3 is 2.68 bits per heavy atom. The van der Waals surface area contributed by atoms with E-state index < -0.39 is 0 Å². The summed E-state index contributed by atoms with van der Waals surface area (Å²) in [4.78, 5) is 14.8. The molecular weight excluding hydrogens is 262 g/mol. The second-order valence-electron chi connectivity index (χ2n) is 5.19. The first-order valence-corrected chi connectivity index (χ1v) is 7.43. The van der Waals surface area contributed by atoms with Crippen LogP contribution in [-0.2, 0) is 0 Å². The number of rotatable bonds is 6. The summed E-state index contributed by atoms with van der Waals surface area (Å²) < 4.78 is 0. The summed E-state index contributed by atoms with van der Waals surface area (Å²) in [5.41, 5.74) is 0. The molecule has 0 spiro atoms. The van der Waals surface area contributed by atoms with Crippen molar-refractivity contribution < 1.29 is 0 Å². The van der Waals surface area contributed by atoms with Crippen LogP contribution in [0.25, 0.3) is 0 Å². The Labute approximate surface area is 119 Å². The minimum atomic E-state index is 0.252. The Balaban J connectivity index is 2.02. The van der Waals surface area contributed by atoms with Gasteiger partial charge >= 0.3 is 0 Å². The Hall–Kier alpha value is -1.10. The number of aromatic nitrogens is 3. The van der Waals surface area contributed by atoms with E-state index in [0.717, 1.165) is 25.4 Å². The zero-order valence-electron chi connectivity index (χ0n) is 11.7. The number of nitrogens with one attached hydrogen (secondary N) is 1. The molecule has 1 aromatic rings. The van der Waals surface area contributed by atoms with Crippen molar-refractivity contribution in [1.82, 2.24) is 15.0 Å². The van der Waals surface area contributed by atoms with Crippen LogP contribution in [-0.4, -0.2) is 35.1 Å². The number of nitrogens with zero attached hydrogens (tertiary/aromatic N) is 4. The minimum Gasteiger partial charge on any atom is -0.354 e. The lowest BCUT2D eigenvalue weighted by Gasteiger charge is -2.21. The minimum absolute atomic E-state index is 0.252. The molecule has 1 fully saturated rings. The summed E-state index contributed by atoms with van der Waals surface area (Å²) >= 11 is 5.96. The third kappa shape index (κ3) is 4.20. The van der Waals surface area contributed by atoms with E-state index >= 15 is 0 Å². The average molecular weight is 284 g/mol. The number of hydrogen-bond donors (Lipinski definition) is 1. The molecule has 1 heterocycles. The van der Waals surface area contributed by atoms with Crippen LogP contribution in [0, 0.1) is 5.92 Å². The lowest BCUT2D eigenvalue weighted by atomic mass is 10.1. The van der Waals surface area contributed by atoms with Gasteiger partial charge in [-0.3, -0.25) is 0 Å². The summed E-state index contributed by atoms with van der Waals surface area (Å²) in [5, 5.41) is 3.40. The van der Waals surface area contributed by atoms with E-state index in [0.29, 0.717) is 11.9 Å². The summed E-state index contributed by atoms with van der Waals surface area (Å²) in [7, 11) is 2.02. The van der Waals surface area contributed by atoms with Crippen molar-refractivity contribution in [3.8, 4) is 0 Å². The number of halogens is 1. The normalized spacial score (nSPS) is 15.7. The standard InChI is InChI=1S/C13H22ClN5/c1-3-8-15-12-16-11(14)17-13(18-12)19(2)9-10-6-4-5-7-10/h10H,3-9H2,1-2H3,(H,15,16,17,18). The zero-order valence-corrected chi connectivity index (χ0v) is 12.4. The molecule has 2 rings (SSSR count). The van der Waals surface area contributed by atoms with Crippen LogP contribution in [0.4, 0.5) is 11.9 Å². The van der Waals surface area contributed by atoms with Gasteiger partial charge in [0.05, 0.1) is 0 Å². The van der Waals surface area contributed by atoms with Crippen LogP contribution in [0.5, 0.6) is 0 Å². The second kappa shape index (κ2) is 6.89. The van der Waals surface area contributed by atoms with E-state index in [-0.39, 0.29) is 5.28 Å². The van der Waals surface area contributed by atoms with Crippen molar-refractivity contribution in [3.63, 3.8) is 0 Å². The molecule has 1 aliphatic carbocycles. The lowest BCUT2D eigenvalue weighted by Crippen LogP contribution is -2.26. The van der Waals surface area contributed by atoms with Gasteiger partial charge in [0.1, 0.15) is 0 Å². The molecule has 1 aromatic heterocycles. The SMILES string of the molecule is CCCNc1nc(Cl)nc(N(C)CC2CCCC2)n1. The molecule has 0 aliphatic heterocycles. The van der Waals surface area contributed by atoms with Gasteiger partial charge in [-0.1, -0.05) is 19.8 Å². The molecule has 5 nitrogen and oxygen atoms in total. The molecule has 0 atom stereocenters. The first kappa shape index (κ1) is 14.3. The van der Waals surface area contributed by atoms with E-state index in [1.54, 1.807) is 0 Å². The fraction of sp³-hybridized carbons (Fsp3) is 0.769. The molecule has 0 radical (unpaired) electrons. The van der Waals surface area contributed by atoms with Crippen LogP contribution < -0.4 is 10.2 Å². The van der Waals surface area contributed by atoms with Crippen LogP contribution in [0.3, 0.4) is 0 Å². The molecule has 0 aromatic carbocycles. The summed E-state index contributed by atoms with van der Waals surface area (Å²) in [6.07, 6.45) is 6.34. The maximum atomic E-state index is 5.96. The van der Waals surface area contributed by atoms with Crippen LogP contribution >= 0.6 is 11.6 Å². The highest BCUT2D eigenvalue weighted by molar-refractivity contribution is 6.28. The van der Waals surface area contributed by atoms with E-state index in [1.165, 1.54) is 25.7 Å². The third-order valence-electron chi connectivity index (χ3n) is 3.48. The maximum Gasteiger partial charge on any atom is 0.231 e. The van der Waals surface area contributed by atoms with Crippen molar-refractivity contribution in [1.29, 1.82) is 0 Å². The molecular formula is C13H22ClN5. The zero-order chi connectivity index (χ0) is 13.7. The van der Waals surface area contributed by atoms with Crippen LogP contribution in [0.1, 0.15) is 39.0 Å². The summed E-state index contributed by atoms with van der Waals surface area (Å²) in [6, 6.07) is 0. The van der Waals surface area contributed by atoms with E-state index in [9.17, 15) is 0 Å². The molecule has 106 valence electrons. The average Bonchev–Trinajstić information content (AvgIpc) is 2.88. The fourth-order valence-electron chi connectivity index (χ4n) is 2.49. The van der Waals surface area contributed by atoms with Gasteiger partial charge in [-0.25, -0.2) is 0 Å². The Kier molecular flexibility index (Phi) is 5.19. The van der Waals surface area contributed by atoms with E-state index in [4.69, 9.17) is 11.6 Å². The van der Waals surface area contributed by atoms with Crippen molar-refractivity contribution in [2.45, 2.75) is 39.0 Å². The predicted molar refractivity (Wildman–Crippen MR) is 78.8 cm³/mol. The van der Waals surface area contributed by atoms with Crippen molar-refractivity contribution in [2.24, 2.45) is 5.92 Å². The van der Waals surface area contributed by atoms with Gasteiger partial charge in [-0.05, 0) is 36.8 Å². The highest BCUT2D eigenvalue weighted by Crippen LogP contribution is 2.26. The van der Waals surface area contributed by atoms with Gasteiger partial charge in [0.15, 0.2) is 0 Å². The van der Waals surface area contributed by atoms with Gasteiger partial charge < -0.3 is 10.2 Å². The third-order valence-corrected chi connectivity index (χ3v) is 3.65. The topological polar surface area (TPSA) is 53.9 Å². The fourth-order valence-corrected chi connectivity index (χ4v) is 2.64.